The van der Waals surface area contributed by atoms with Crippen LogP contribution in [-0.4, -0.2) is 53.7 Å². The molecule has 1 N–H and O–H groups in total. The largest absolute Gasteiger partial charge is 0.500 e. The molecule has 0 spiro atoms. The summed E-state index contributed by atoms with van der Waals surface area (Å²) in [6, 6.07) is 0.705. The maximum Gasteiger partial charge on any atom is 0.500 e. The van der Waals surface area contributed by atoms with Crippen LogP contribution in [0.5, 0.6) is 0 Å². The molecule has 182 valence electrons. The molecule has 0 aliphatic heterocycles. The van der Waals surface area contributed by atoms with Gasteiger partial charge in [-0.25, -0.2) is 0 Å². The van der Waals surface area contributed by atoms with E-state index < -0.39 is 8.80 Å². The number of carbonyl (C=O) groups excluding carboxylic acids is 2. The summed E-state index contributed by atoms with van der Waals surface area (Å²) in [6.07, 6.45) is 7.38. The number of ether oxygens (including phenoxy) is 1. The molecule has 0 bridgehead atoms. The predicted molar refractivity (Wildman–Crippen MR) is 124 cm³/mol. The van der Waals surface area contributed by atoms with Gasteiger partial charge in [-0.1, -0.05) is 26.2 Å². The maximum atomic E-state index is 13.1. The molecular weight excluding hydrogens is 414 g/mol. The molecule has 1 fully saturated rings. The van der Waals surface area contributed by atoms with Crippen LogP contribution in [0, 0.1) is 11.8 Å². The fourth-order valence-electron chi connectivity index (χ4n) is 4.23. The van der Waals surface area contributed by atoms with E-state index in [-0.39, 0.29) is 29.4 Å². The Morgan fingerprint density at radius 3 is 2.19 bits per heavy atom. The Balaban J connectivity index is 2.77. The van der Waals surface area contributed by atoms with Gasteiger partial charge in [0.15, 0.2) is 0 Å². The fraction of sp³-hybridized carbons (Fsp3) is 0.913. The van der Waals surface area contributed by atoms with E-state index in [0.29, 0.717) is 31.2 Å². The van der Waals surface area contributed by atoms with Crippen molar-refractivity contribution in [1.29, 1.82) is 0 Å². The maximum absolute atomic E-state index is 13.1. The first-order chi connectivity index (χ1) is 14.6. The van der Waals surface area contributed by atoms with E-state index in [1.54, 1.807) is 21.3 Å². The number of esters is 1. The predicted octanol–water partition coefficient (Wildman–Crippen LogP) is 4.47. The fourth-order valence-corrected chi connectivity index (χ4v) is 6.11. The molecule has 0 heterocycles. The Kier molecular flexibility index (Phi) is 12.3. The van der Waals surface area contributed by atoms with Gasteiger partial charge in [0.2, 0.25) is 5.91 Å². The molecule has 8 heteroatoms. The molecule has 0 saturated heterocycles. The first-order valence-electron chi connectivity index (χ1n) is 11.8. The number of hydrogen-bond donors (Lipinski definition) is 1. The molecule has 7 nitrogen and oxygen atoms in total. The van der Waals surface area contributed by atoms with Crippen molar-refractivity contribution >= 4 is 20.7 Å². The summed E-state index contributed by atoms with van der Waals surface area (Å²) in [4.78, 5) is 25.4. The van der Waals surface area contributed by atoms with E-state index in [9.17, 15) is 9.59 Å². The second-order valence-corrected chi connectivity index (χ2v) is 12.8. The van der Waals surface area contributed by atoms with Crippen LogP contribution in [-0.2, 0) is 27.6 Å². The van der Waals surface area contributed by atoms with Crippen LogP contribution >= 0.6 is 0 Å². The highest BCUT2D eigenvalue weighted by molar-refractivity contribution is 6.60. The molecule has 1 aliphatic rings. The van der Waals surface area contributed by atoms with E-state index in [1.165, 1.54) is 0 Å². The van der Waals surface area contributed by atoms with Gasteiger partial charge in [-0.05, 0) is 58.8 Å². The number of carbonyl (C=O) groups is 2. The molecule has 0 aromatic carbocycles. The van der Waals surface area contributed by atoms with Crippen molar-refractivity contribution in [1.82, 2.24) is 5.32 Å². The van der Waals surface area contributed by atoms with Crippen molar-refractivity contribution in [3.63, 3.8) is 0 Å². The molecule has 31 heavy (non-hydrogen) atoms. The van der Waals surface area contributed by atoms with Gasteiger partial charge in [0.05, 0.1) is 5.92 Å². The van der Waals surface area contributed by atoms with E-state index in [2.05, 4.69) is 12.2 Å². The molecule has 3 atom stereocenters. The third kappa shape index (κ3) is 10.0. The average Bonchev–Trinajstić information content (AvgIpc) is 2.72. The first-order valence-corrected chi connectivity index (χ1v) is 13.7. The molecule has 3 unspecified atom stereocenters. The number of unbranched alkanes of at least 4 members (excludes halogenated alkanes) is 3. The Morgan fingerprint density at radius 2 is 1.65 bits per heavy atom. The van der Waals surface area contributed by atoms with Gasteiger partial charge >= 0.3 is 14.8 Å². The van der Waals surface area contributed by atoms with Gasteiger partial charge in [0.25, 0.3) is 0 Å². The zero-order valence-electron chi connectivity index (χ0n) is 20.8. The zero-order valence-corrected chi connectivity index (χ0v) is 21.8. The van der Waals surface area contributed by atoms with E-state index in [0.717, 1.165) is 38.5 Å². The van der Waals surface area contributed by atoms with Crippen molar-refractivity contribution in [3.05, 3.63) is 0 Å². The number of hydrogen-bond acceptors (Lipinski definition) is 6. The highest BCUT2D eigenvalue weighted by Gasteiger charge is 2.42. The molecule has 0 radical (unpaired) electrons. The topological polar surface area (TPSA) is 83.1 Å². The lowest BCUT2D eigenvalue weighted by atomic mass is 9.77. The van der Waals surface area contributed by atoms with Crippen LogP contribution in [0.1, 0.15) is 85.5 Å². The molecular formula is C23H45NO6Si. The summed E-state index contributed by atoms with van der Waals surface area (Å²) in [5, 5.41) is 3.08. The minimum absolute atomic E-state index is 0.0327. The molecule has 1 saturated carbocycles. The molecule has 1 aliphatic carbocycles. The van der Waals surface area contributed by atoms with Gasteiger partial charge in [0, 0.05) is 39.3 Å². The number of rotatable bonds is 13. The van der Waals surface area contributed by atoms with Crippen LogP contribution in [0.25, 0.3) is 0 Å². The zero-order chi connectivity index (χ0) is 23.5. The summed E-state index contributed by atoms with van der Waals surface area (Å²) in [6.45, 7) is 8.05. The number of nitrogens with one attached hydrogen (secondary N) is 1. The van der Waals surface area contributed by atoms with Crippen LogP contribution in [0.3, 0.4) is 0 Å². The Hall–Kier alpha value is -0.963. The van der Waals surface area contributed by atoms with Crippen molar-refractivity contribution in [2.75, 3.05) is 21.3 Å². The van der Waals surface area contributed by atoms with E-state index in [4.69, 9.17) is 18.0 Å². The lowest BCUT2D eigenvalue weighted by molar-refractivity contribution is -0.157. The Morgan fingerprint density at radius 1 is 1.00 bits per heavy atom. The highest BCUT2D eigenvalue weighted by atomic mass is 28.4. The minimum atomic E-state index is -2.64. The lowest BCUT2D eigenvalue weighted by Crippen LogP contribution is -2.49. The van der Waals surface area contributed by atoms with Gasteiger partial charge in [0.1, 0.15) is 6.10 Å². The second-order valence-electron chi connectivity index (χ2n) is 9.70. The molecule has 0 aromatic rings. The SMILES string of the molecule is CCCCCCC(=O)OC1CCC(CC[Si](OC)(OC)OC)CC1C(=O)NC(C)(C)C. The van der Waals surface area contributed by atoms with Gasteiger partial charge in [-0.3, -0.25) is 9.59 Å². The third-order valence-corrected chi connectivity index (χ3v) is 8.81. The van der Waals surface area contributed by atoms with Crippen molar-refractivity contribution in [2.24, 2.45) is 11.8 Å². The van der Waals surface area contributed by atoms with Crippen LogP contribution in [0.2, 0.25) is 6.04 Å². The third-order valence-electron chi connectivity index (χ3n) is 6.04. The van der Waals surface area contributed by atoms with Crippen molar-refractivity contribution in [2.45, 2.75) is 103 Å². The molecule has 1 amide bonds. The Bertz CT molecular complexity index is 538. The average molecular weight is 460 g/mol. The van der Waals surface area contributed by atoms with Gasteiger partial charge in [-0.15, -0.1) is 0 Å². The Labute approximate surface area is 190 Å². The van der Waals surface area contributed by atoms with Crippen LogP contribution in [0.15, 0.2) is 0 Å². The smallest absolute Gasteiger partial charge is 0.462 e. The second kappa shape index (κ2) is 13.6. The number of amides is 1. The summed E-state index contributed by atoms with van der Waals surface area (Å²) in [7, 11) is 2.22. The quantitative estimate of drug-likeness (QED) is 0.249. The highest BCUT2D eigenvalue weighted by Crippen LogP contribution is 2.36. The molecule has 0 aromatic heterocycles. The van der Waals surface area contributed by atoms with Crippen LogP contribution in [0.4, 0.5) is 0 Å². The lowest BCUT2D eigenvalue weighted by Gasteiger charge is -2.37. The van der Waals surface area contributed by atoms with Gasteiger partial charge in [-0.2, -0.15) is 0 Å². The van der Waals surface area contributed by atoms with Crippen molar-refractivity contribution < 1.29 is 27.6 Å². The summed E-state index contributed by atoms with van der Waals surface area (Å²) < 4.78 is 22.4. The summed E-state index contributed by atoms with van der Waals surface area (Å²) in [5.41, 5.74) is -0.330. The molecule has 1 rings (SSSR count). The minimum Gasteiger partial charge on any atom is -0.462 e. The van der Waals surface area contributed by atoms with E-state index in [1.807, 2.05) is 20.8 Å². The monoisotopic (exact) mass is 459 g/mol. The summed E-state index contributed by atoms with van der Waals surface area (Å²) in [5.74, 6) is -0.212. The first kappa shape index (κ1) is 28.1. The van der Waals surface area contributed by atoms with E-state index >= 15 is 0 Å². The normalized spacial score (nSPS) is 22.2. The van der Waals surface area contributed by atoms with Crippen LogP contribution < -0.4 is 5.32 Å². The standard InChI is InChI=1S/C23H45NO6Si/c1-8-9-10-11-12-21(25)30-20-14-13-18(15-16-31(27-5,28-6)29-7)17-19(20)22(26)24-23(2,3)4/h18-20H,8-17H2,1-7H3,(H,24,26). The summed E-state index contributed by atoms with van der Waals surface area (Å²) >= 11 is 0. The van der Waals surface area contributed by atoms with Gasteiger partial charge < -0.3 is 23.3 Å². The van der Waals surface area contributed by atoms with Crippen molar-refractivity contribution in [3.8, 4) is 0 Å².